The van der Waals surface area contributed by atoms with E-state index in [1.54, 1.807) is 0 Å². The molecule has 204 valence electrons. The standard InChI is InChI=1S/C18H24O18/c19-3-5-10(8(23)9(24)12(26)31-5)32-13-11(25)17(29)18(30)16(4-20,35-13)33-6(21)1-15(28,14(27)36-18)2-7(22)34-17/h5,8-13,19-20,23-26,28-30H,1-4H2/t5-,8-,9-,10-,11-,12-,13+,15?,16+,17+,18+/m1/s1. The van der Waals surface area contributed by atoms with E-state index in [2.05, 4.69) is 0 Å². The quantitative estimate of drug-likeness (QED) is 0.121. The molecular weight excluding hydrogens is 504 g/mol. The zero-order chi connectivity index (χ0) is 26.8. The second kappa shape index (κ2) is 8.75. The van der Waals surface area contributed by atoms with E-state index >= 15 is 0 Å². The van der Waals surface area contributed by atoms with E-state index in [0.29, 0.717) is 0 Å². The number of aliphatic hydroxyl groups is 9. The summed E-state index contributed by atoms with van der Waals surface area (Å²) in [7, 11) is 0. The summed E-state index contributed by atoms with van der Waals surface area (Å²) in [5.41, 5.74) is -2.93. The molecule has 4 heterocycles. The van der Waals surface area contributed by atoms with Gasteiger partial charge in [-0.3, -0.25) is 9.59 Å². The fourth-order valence-electron chi connectivity index (χ4n) is 4.38. The van der Waals surface area contributed by atoms with Gasteiger partial charge in [-0.1, -0.05) is 0 Å². The molecule has 9 N–H and O–H groups in total. The minimum Gasteiger partial charge on any atom is -0.423 e. The number of fused-ring (bicyclic) bond motifs is 2. The van der Waals surface area contributed by atoms with E-state index in [4.69, 9.17) is 28.4 Å². The third-order valence-corrected chi connectivity index (χ3v) is 6.35. The van der Waals surface area contributed by atoms with Crippen LogP contribution in [-0.2, 0) is 42.8 Å². The van der Waals surface area contributed by atoms with Crippen molar-refractivity contribution < 1.29 is 88.8 Å². The summed E-state index contributed by atoms with van der Waals surface area (Å²) < 4.78 is 29.8. The Morgan fingerprint density at radius 3 is 2.08 bits per heavy atom. The van der Waals surface area contributed by atoms with Crippen molar-refractivity contribution in [2.45, 2.75) is 78.9 Å². The normalized spacial score (nSPS) is 51.2. The van der Waals surface area contributed by atoms with E-state index in [1.807, 2.05) is 0 Å². The first-order valence-corrected chi connectivity index (χ1v) is 10.4. The molecule has 36 heavy (non-hydrogen) atoms. The van der Waals surface area contributed by atoms with Crippen molar-refractivity contribution in [1.82, 2.24) is 0 Å². The molecule has 0 spiro atoms. The summed E-state index contributed by atoms with van der Waals surface area (Å²) in [4.78, 5) is 37.5. The van der Waals surface area contributed by atoms with Gasteiger partial charge in [-0.25, -0.2) is 4.79 Å². The van der Waals surface area contributed by atoms with E-state index < -0.39 is 110 Å². The van der Waals surface area contributed by atoms with Gasteiger partial charge in [0.05, 0.1) is 19.4 Å². The number of aliphatic hydroxyl groups excluding tert-OH is 6. The van der Waals surface area contributed by atoms with Crippen molar-refractivity contribution in [2.24, 2.45) is 0 Å². The van der Waals surface area contributed by atoms with Crippen LogP contribution in [0.1, 0.15) is 12.8 Å². The molecule has 0 aromatic carbocycles. The van der Waals surface area contributed by atoms with E-state index in [9.17, 15) is 60.3 Å². The Morgan fingerprint density at radius 1 is 0.889 bits per heavy atom. The average Bonchev–Trinajstić information content (AvgIpc) is 2.79. The smallest absolute Gasteiger partial charge is 0.349 e. The molecule has 0 aromatic heterocycles. The summed E-state index contributed by atoms with van der Waals surface area (Å²) in [5, 5.41) is 93.1. The number of hydrogen-bond donors (Lipinski definition) is 9. The number of carbonyl (C=O) groups excluding carboxylic acids is 3. The minimum atomic E-state index is -3.92. The molecule has 18 heteroatoms. The summed E-state index contributed by atoms with van der Waals surface area (Å²) in [6, 6.07) is 0. The van der Waals surface area contributed by atoms with Gasteiger partial charge >= 0.3 is 35.3 Å². The van der Waals surface area contributed by atoms with Crippen molar-refractivity contribution >= 4 is 17.9 Å². The maximum absolute atomic E-state index is 12.6. The van der Waals surface area contributed by atoms with Crippen LogP contribution in [0.2, 0.25) is 0 Å². The van der Waals surface area contributed by atoms with Crippen molar-refractivity contribution in [2.75, 3.05) is 13.2 Å². The molecule has 1 unspecified atom stereocenters. The lowest BCUT2D eigenvalue weighted by atomic mass is 9.84. The van der Waals surface area contributed by atoms with Crippen molar-refractivity contribution in [3.63, 3.8) is 0 Å². The van der Waals surface area contributed by atoms with E-state index in [0.717, 1.165) is 0 Å². The summed E-state index contributed by atoms with van der Waals surface area (Å²) in [6.45, 7) is -2.60. The van der Waals surface area contributed by atoms with Crippen LogP contribution in [0, 0.1) is 0 Å². The predicted octanol–water partition coefficient (Wildman–Crippen LogP) is -7.25. The highest BCUT2D eigenvalue weighted by atomic mass is 16.9. The van der Waals surface area contributed by atoms with Crippen LogP contribution in [0.15, 0.2) is 0 Å². The van der Waals surface area contributed by atoms with Gasteiger partial charge in [0.1, 0.15) is 31.0 Å². The van der Waals surface area contributed by atoms with Crippen LogP contribution in [0.3, 0.4) is 0 Å². The molecule has 0 saturated carbocycles. The van der Waals surface area contributed by atoms with E-state index in [-0.39, 0.29) is 0 Å². The Balaban J connectivity index is 1.80. The minimum absolute atomic E-state index is 0.951. The van der Waals surface area contributed by atoms with Crippen molar-refractivity contribution in [3.8, 4) is 0 Å². The molecule has 11 atom stereocenters. The Labute approximate surface area is 199 Å². The Bertz CT molecular complexity index is 900. The molecule has 0 radical (unpaired) electrons. The predicted molar refractivity (Wildman–Crippen MR) is 97.9 cm³/mol. The molecule has 4 saturated heterocycles. The highest BCUT2D eigenvalue weighted by Gasteiger charge is 2.82. The lowest BCUT2D eigenvalue weighted by molar-refractivity contribution is -0.538. The van der Waals surface area contributed by atoms with Gasteiger partial charge in [0.15, 0.2) is 24.3 Å². The van der Waals surface area contributed by atoms with Crippen molar-refractivity contribution in [1.29, 1.82) is 0 Å². The summed E-state index contributed by atoms with van der Waals surface area (Å²) >= 11 is 0. The maximum atomic E-state index is 12.6. The molecule has 0 aliphatic carbocycles. The molecule has 4 aliphatic rings. The highest BCUT2D eigenvalue weighted by molar-refractivity contribution is 5.91. The number of hydrogen-bond acceptors (Lipinski definition) is 18. The number of carbonyl (C=O) groups is 3. The molecule has 0 amide bonds. The lowest BCUT2D eigenvalue weighted by Crippen LogP contribution is -2.85. The zero-order valence-corrected chi connectivity index (χ0v) is 18.1. The fourth-order valence-corrected chi connectivity index (χ4v) is 4.38. The molecule has 4 fully saturated rings. The molecule has 4 aliphatic heterocycles. The van der Waals surface area contributed by atoms with Gasteiger partial charge in [-0.15, -0.1) is 0 Å². The Hall–Kier alpha value is -2.07. The van der Waals surface area contributed by atoms with Gasteiger partial charge in [-0.2, -0.15) is 0 Å². The molecular formula is C18H24O18. The SMILES string of the molecule is O=C1CC2(O)CC(=O)O[C@@]3(O)[C@H](O)[C@@H](O[C@H]4[C@H](O)[C@@H](O)[C@H](O)O[C@@H]4CO)O[C@](CO)(O1)[C@]3(O)OC2=O. The second-order valence-electron chi connectivity index (χ2n) is 8.73. The van der Waals surface area contributed by atoms with Gasteiger partial charge in [0.2, 0.25) is 0 Å². The summed E-state index contributed by atoms with van der Waals surface area (Å²) in [6.07, 6.45) is -17.4. The van der Waals surface area contributed by atoms with Crippen LogP contribution in [-0.4, -0.2) is 143 Å². The van der Waals surface area contributed by atoms with Gasteiger partial charge in [0.25, 0.3) is 0 Å². The molecule has 4 rings (SSSR count). The molecule has 2 bridgehead atoms. The van der Waals surface area contributed by atoms with Crippen LogP contribution >= 0.6 is 0 Å². The fraction of sp³-hybridized carbons (Fsp3) is 0.833. The third-order valence-electron chi connectivity index (χ3n) is 6.35. The first-order valence-electron chi connectivity index (χ1n) is 10.4. The third kappa shape index (κ3) is 3.69. The summed E-state index contributed by atoms with van der Waals surface area (Å²) in [5.74, 6) is -16.2. The largest absolute Gasteiger partial charge is 0.423 e. The van der Waals surface area contributed by atoms with E-state index in [1.165, 1.54) is 0 Å². The monoisotopic (exact) mass is 528 g/mol. The lowest BCUT2D eigenvalue weighted by Gasteiger charge is -2.58. The van der Waals surface area contributed by atoms with Crippen LogP contribution in [0.5, 0.6) is 0 Å². The number of esters is 3. The van der Waals surface area contributed by atoms with Crippen LogP contribution in [0.25, 0.3) is 0 Å². The van der Waals surface area contributed by atoms with Crippen LogP contribution < -0.4 is 0 Å². The van der Waals surface area contributed by atoms with Gasteiger partial charge in [-0.05, 0) is 0 Å². The first kappa shape index (κ1) is 27.0. The molecule has 18 nitrogen and oxygen atoms in total. The molecule has 0 aromatic rings. The highest BCUT2D eigenvalue weighted by Crippen LogP contribution is 2.51. The zero-order valence-electron chi connectivity index (χ0n) is 18.1. The first-order chi connectivity index (χ1) is 16.7. The van der Waals surface area contributed by atoms with Crippen molar-refractivity contribution in [3.05, 3.63) is 0 Å². The maximum Gasteiger partial charge on any atom is 0.349 e. The average molecular weight is 528 g/mol. The van der Waals surface area contributed by atoms with Gasteiger partial charge < -0.3 is 74.4 Å². The Kier molecular flexibility index (Phi) is 6.56. The second-order valence-corrected chi connectivity index (χ2v) is 8.73. The van der Waals surface area contributed by atoms with Crippen LogP contribution in [0.4, 0.5) is 0 Å². The number of rotatable bonds is 4. The van der Waals surface area contributed by atoms with Gasteiger partial charge in [0, 0.05) is 0 Å². The topological polar surface area (TPSA) is 289 Å². The Morgan fingerprint density at radius 2 is 1.50 bits per heavy atom. The number of ether oxygens (including phenoxy) is 6.